The van der Waals surface area contributed by atoms with Crippen LogP contribution in [0, 0.1) is 0 Å². The third-order valence-electron chi connectivity index (χ3n) is 3.40. The second-order valence-corrected chi connectivity index (χ2v) is 6.54. The molecule has 0 aliphatic carbocycles. The zero-order valence-corrected chi connectivity index (χ0v) is 17.9. The lowest BCUT2D eigenvalue weighted by molar-refractivity contribution is 0.706. The van der Waals surface area contributed by atoms with E-state index in [1.165, 1.54) is 5.01 Å². The molecule has 2 N–H and O–H groups in total. The van der Waals surface area contributed by atoms with Crippen molar-refractivity contribution in [3.8, 4) is 0 Å². The summed E-state index contributed by atoms with van der Waals surface area (Å²) in [5, 5.41) is 14.1. The minimum Gasteiger partial charge on any atom is -0.357 e. The largest absolute Gasteiger partial charge is 0.357 e. The number of hydrogen-bond donors (Lipinski definition) is 2. The Morgan fingerprint density at radius 1 is 1.38 bits per heavy atom. The van der Waals surface area contributed by atoms with Gasteiger partial charge in [0.05, 0.1) is 22.9 Å². The third-order valence-corrected chi connectivity index (χ3v) is 4.60. The summed E-state index contributed by atoms with van der Waals surface area (Å²) < 4.78 is 1.84. The number of nitrogens with one attached hydrogen (secondary N) is 2. The lowest BCUT2D eigenvalue weighted by Gasteiger charge is -2.10. The summed E-state index contributed by atoms with van der Waals surface area (Å²) in [7, 11) is 1.93. The summed E-state index contributed by atoms with van der Waals surface area (Å²) in [5.74, 6) is 1.33. The van der Waals surface area contributed by atoms with E-state index in [-0.39, 0.29) is 24.0 Å². The number of aromatic nitrogens is 3. The lowest BCUT2D eigenvalue weighted by Crippen LogP contribution is -2.38. The number of guanidine groups is 1. The van der Waals surface area contributed by atoms with E-state index >= 15 is 0 Å². The van der Waals surface area contributed by atoms with Crippen molar-refractivity contribution in [2.75, 3.05) is 13.1 Å². The predicted molar refractivity (Wildman–Crippen MR) is 111 cm³/mol. The van der Waals surface area contributed by atoms with Gasteiger partial charge >= 0.3 is 0 Å². The van der Waals surface area contributed by atoms with Gasteiger partial charge in [-0.2, -0.15) is 5.10 Å². The molecule has 2 aromatic rings. The number of hydrogen-bond acceptors (Lipinski definition) is 4. The minimum atomic E-state index is 0. The van der Waals surface area contributed by atoms with Gasteiger partial charge in [0.1, 0.15) is 0 Å². The van der Waals surface area contributed by atoms with Crippen molar-refractivity contribution in [1.29, 1.82) is 0 Å². The van der Waals surface area contributed by atoms with Crippen LogP contribution in [0.2, 0.25) is 0 Å². The Bertz CT molecular complexity index is 634. The van der Waals surface area contributed by atoms with Crippen LogP contribution in [0.4, 0.5) is 0 Å². The van der Waals surface area contributed by atoms with E-state index in [2.05, 4.69) is 51.9 Å². The molecule has 0 aliphatic rings. The summed E-state index contributed by atoms with van der Waals surface area (Å²) >= 11 is 1.74. The summed E-state index contributed by atoms with van der Waals surface area (Å²) in [6.45, 7) is 8.69. The van der Waals surface area contributed by atoms with E-state index in [1.54, 1.807) is 17.5 Å². The average molecular weight is 462 g/mol. The SMILES string of the molecule is CCNC(=NCc1ccnn1C)NCCc1csc(C(C)C)n1.I. The fraction of sp³-hybridized carbons (Fsp3) is 0.562. The van der Waals surface area contributed by atoms with E-state index in [9.17, 15) is 0 Å². The zero-order valence-electron chi connectivity index (χ0n) is 14.7. The molecule has 134 valence electrons. The molecule has 0 saturated heterocycles. The summed E-state index contributed by atoms with van der Waals surface area (Å²) in [6.07, 6.45) is 2.69. The Morgan fingerprint density at radius 3 is 2.75 bits per heavy atom. The summed E-state index contributed by atoms with van der Waals surface area (Å²) in [5.41, 5.74) is 2.23. The molecule has 0 aromatic carbocycles. The quantitative estimate of drug-likeness (QED) is 0.377. The molecule has 0 radical (unpaired) electrons. The molecule has 8 heteroatoms. The van der Waals surface area contributed by atoms with Crippen molar-refractivity contribution in [1.82, 2.24) is 25.4 Å². The second-order valence-electron chi connectivity index (χ2n) is 5.65. The van der Waals surface area contributed by atoms with Crippen LogP contribution in [-0.2, 0) is 20.0 Å². The van der Waals surface area contributed by atoms with Crippen LogP contribution < -0.4 is 10.6 Å². The summed E-state index contributed by atoms with van der Waals surface area (Å²) in [6, 6.07) is 1.98. The molecule has 0 amide bonds. The molecule has 0 unspecified atom stereocenters. The van der Waals surface area contributed by atoms with E-state index in [0.29, 0.717) is 12.5 Å². The highest BCUT2D eigenvalue weighted by Crippen LogP contribution is 2.19. The maximum absolute atomic E-state index is 4.66. The standard InChI is InChI=1S/C16H26N6S.HI/c1-5-17-16(19-10-14-7-9-20-22(14)4)18-8-6-13-11-23-15(21-13)12(2)3;/h7,9,11-12H,5-6,8,10H2,1-4H3,(H2,17,18,19);1H. The van der Waals surface area contributed by atoms with Crippen LogP contribution in [0.5, 0.6) is 0 Å². The van der Waals surface area contributed by atoms with Crippen LogP contribution in [-0.4, -0.2) is 33.8 Å². The molecule has 0 spiro atoms. The first-order valence-electron chi connectivity index (χ1n) is 8.03. The van der Waals surface area contributed by atoms with Crippen LogP contribution in [0.15, 0.2) is 22.6 Å². The Balaban J connectivity index is 0.00000288. The fourth-order valence-electron chi connectivity index (χ4n) is 2.07. The van der Waals surface area contributed by atoms with Gasteiger partial charge in [0, 0.05) is 44.1 Å². The number of halogens is 1. The molecule has 0 atom stereocenters. The molecule has 0 aliphatic heterocycles. The molecule has 6 nitrogen and oxygen atoms in total. The van der Waals surface area contributed by atoms with Crippen LogP contribution in [0.25, 0.3) is 0 Å². The molecule has 2 aromatic heterocycles. The second kappa shape index (κ2) is 10.7. The maximum Gasteiger partial charge on any atom is 0.191 e. The van der Waals surface area contributed by atoms with Crippen molar-refractivity contribution in [2.45, 2.75) is 39.7 Å². The lowest BCUT2D eigenvalue weighted by atomic mass is 10.2. The van der Waals surface area contributed by atoms with E-state index in [4.69, 9.17) is 0 Å². The van der Waals surface area contributed by atoms with Gasteiger partial charge in [-0.15, -0.1) is 35.3 Å². The predicted octanol–water partition coefficient (Wildman–Crippen LogP) is 2.92. The van der Waals surface area contributed by atoms with Crippen molar-refractivity contribution < 1.29 is 0 Å². The Morgan fingerprint density at radius 2 is 2.17 bits per heavy atom. The third kappa shape index (κ3) is 6.39. The highest BCUT2D eigenvalue weighted by Gasteiger charge is 2.06. The van der Waals surface area contributed by atoms with E-state index < -0.39 is 0 Å². The number of aliphatic imine (C=N–C) groups is 1. The zero-order chi connectivity index (χ0) is 16.7. The van der Waals surface area contributed by atoms with Crippen LogP contribution in [0.3, 0.4) is 0 Å². The number of thiazole rings is 1. The first-order chi connectivity index (χ1) is 11.1. The Labute approximate surface area is 165 Å². The van der Waals surface area contributed by atoms with Gasteiger partial charge in [-0.25, -0.2) is 9.98 Å². The van der Waals surface area contributed by atoms with Gasteiger partial charge in [-0.1, -0.05) is 13.8 Å². The van der Waals surface area contributed by atoms with Gasteiger partial charge in [0.15, 0.2) is 5.96 Å². The van der Waals surface area contributed by atoms with E-state index in [0.717, 1.165) is 36.9 Å². The molecule has 0 saturated carbocycles. The van der Waals surface area contributed by atoms with Crippen molar-refractivity contribution in [3.63, 3.8) is 0 Å². The molecule has 0 bridgehead atoms. The summed E-state index contributed by atoms with van der Waals surface area (Å²) in [4.78, 5) is 9.25. The van der Waals surface area contributed by atoms with Gasteiger partial charge in [-0.05, 0) is 13.0 Å². The molecule has 2 rings (SSSR count). The number of nitrogens with zero attached hydrogens (tertiary/aromatic N) is 4. The highest BCUT2D eigenvalue weighted by molar-refractivity contribution is 14.0. The van der Waals surface area contributed by atoms with Gasteiger partial charge < -0.3 is 10.6 Å². The minimum absolute atomic E-state index is 0. The molecule has 0 fully saturated rings. The topological polar surface area (TPSA) is 67.1 Å². The van der Waals surface area contributed by atoms with Gasteiger partial charge in [0.25, 0.3) is 0 Å². The first-order valence-corrected chi connectivity index (χ1v) is 8.91. The highest BCUT2D eigenvalue weighted by atomic mass is 127. The number of aryl methyl sites for hydroxylation is 1. The van der Waals surface area contributed by atoms with Crippen molar-refractivity contribution in [2.24, 2.45) is 12.0 Å². The van der Waals surface area contributed by atoms with Crippen LogP contribution >= 0.6 is 35.3 Å². The smallest absolute Gasteiger partial charge is 0.191 e. The Hall–Kier alpha value is -1.16. The number of rotatable bonds is 7. The molecule has 2 heterocycles. The van der Waals surface area contributed by atoms with Crippen molar-refractivity contribution >= 4 is 41.3 Å². The monoisotopic (exact) mass is 462 g/mol. The van der Waals surface area contributed by atoms with Crippen LogP contribution in [0.1, 0.15) is 43.1 Å². The Kier molecular flexibility index (Phi) is 9.27. The normalized spacial score (nSPS) is 11.5. The maximum atomic E-state index is 4.66. The van der Waals surface area contributed by atoms with Gasteiger partial charge in [0.2, 0.25) is 0 Å². The average Bonchev–Trinajstić information content (AvgIpc) is 3.14. The van der Waals surface area contributed by atoms with Crippen molar-refractivity contribution in [3.05, 3.63) is 34.0 Å². The molecule has 24 heavy (non-hydrogen) atoms. The molecular formula is C16H27IN6S. The van der Waals surface area contributed by atoms with E-state index in [1.807, 2.05) is 17.8 Å². The molecular weight excluding hydrogens is 435 g/mol. The van der Waals surface area contributed by atoms with Gasteiger partial charge in [-0.3, -0.25) is 4.68 Å². The first kappa shape index (κ1) is 20.9. The fourth-order valence-corrected chi connectivity index (χ4v) is 2.94.